The first-order chi connectivity index (χ1) is 11.1. The van der Waals surface area contributed by atoms with Gasteiger partial charge in [0.1, 0.15) is 6.04 Å². The van der Waals surface area contributed by atoms with Crippen molar-refractivity contribution >= 4 is 51.7 Å². The van der Waals surface area contributed by atoms with E-state index in [4.69, 9.17) is 16.0 Å². The standard InChI is InChI=1S/C16H14ClIN2O3/c17-11-9-10(18)5-6-12(11)19-15(21)13-3-1-7-20(13)16(22)14-4-2-8-23-14/h2,4-6,8-9,13H,1,3,7H2,(H,19,21)/t13-/m0/s1. The molecule has 1 aliphatic rings. The van der Waals surface area contributed by atoms with Gasteiger partial charge in [-0.3, -0.25) is 9.59 Å². The van der Waals surface area contributed by atoms with E-state index in [1.165, 1.54) is 6.26 Å². The smallest absolute Gasteiger partial charge is 0.290 e. The van der Waals surface area contributed by atoms with E-state index in [9.17, 15) is 9.59 Å². The number of nitrogens with one attached hydrogen (secondary N) is 1. The summed E-state index contributed by atoms with van der Waals surface area (Å²) >= 11 is 8.30. The third-order valence-electron chi connectivity index (χ3n) is 3.74. The molecule has 1 fully saturated rings. The van der Waals surface area contributed by atoms with Gasteiger partial charge in [-0.15, -0.1) is 0 Å². The Balaban J connectivity index is 1.74. The van der Waals surface area contributed by atoms with Crippen molar-refractivity contribution in [1.29, 1.82) is 0 Å². The van der Waals surface area contributed by atoms with Gasteiger partial charge in [0.2, 0.25) is 5.91 Å². The number of benzene rings is 1. The van der Waals surface area contributed by atoms with Gasteiger partial charge >= 0.3 is 0 Å². The maximum Gasteiger partial charge on any atom is 0.290 e. The van der Waals surface area contributed by atoms with E-state index < -0.39 is 6.04 Å². The van der Waals surface area contributed by atoms with Crippen LogP contribution in [0.1, 0.15) is 23.4 Å². The lowest BCUT2D eigenvalue weighted by molar-refractivity contribution is -0.119. The normalized spacial score (nSPS) is 17.3. The quantitative estimate of drug-likeness (QED) is 0.733. The van der Waals surface area contributed by atoms with Crippen LogP contribution in [0.4, 0.5) is 5.69 Å². The summed E-state index contributed by atoms with van der Waals surface area (Å²) in [5.74, 6) is -0.246. The SMILES string of the molecule is O=C(Nc1ccc(I)cc1Cl)[C@@H]1CCCN1C(=O)c1ccco1. The molecule has 2 amide bonds. The van der Waals surface area contributed by atoms with Gasteiger partial charge in [-0.25, -0.2) is 0 Å². The van der Waals surface area contributed by atoms with Gasteiger partial charge in [0.25, 0.3) is 5.91 Å². The highest BCUT2D eigenvalue weighted by atomic mass is 127. The first-order valence-electron chi connectivity index (χ1n) is 7.16. The highest BCUT2D eigenvalue weighted by Gasteiger charge is 2.35. The number of nitrogens with zero attached hydrogens (tertiary/aromatic N) is 1. The zero-order valence-corrected chi connectivity index (χ0v) is 15.0. The zero-order valence-electron chi connectivity index (χ0n) is 12.1. The summed E-state index contributed by atoms with van der Waals surface area (Å²) in [5.41, 5.74) is 0.550. The number of halogens is 2. The number of carbonyl (C=O) groups is 2. The van der Waals surface area contributed by atoms with Crippen molar-refractivity contribution in [3.8, 4) is 0 Å². The predicted molar refractivity (Wildman–Crippen MR) is 95.6 cm³/mol. The van der Waals surface area contributed by atoms with E-state index in [-0.39, 0.29) is 17.6 Å². The Labute approximate surface area is 152 Å². The van der Waals surface area contributed by atoms with E-state index in [1.54, 1.807) is 29.2 Å². The second kappa shape index (κ2) is 6.92. The molecule has 0 aliphatic carbocycles. The van der Waals surface area contributed by atoms with Crippen LogP contribution in [-0.2, 0) is 4.79 Å². The highest BCUT2D eigenvalue weighted by molar-refractivity contribution is 14.1. The van der Waals surface area contributed by atoms with Crippen molar-refractivity contribution in [3.05, 3.63) is 50.9 Å². The van der Waals surface area contributed by atoms with Crippen molar-refractivity contribution in [2.45, 2.75) is 18.9 Å². The van der Waals surface area contributed by atoms with E-state index in [0.717, 1.165) is 9.99 Å². The number of hydrogen-bond acceptors (Lipinski definition) is 3. The summed E-state index contributed by atoms with van der Waals surface area (Å²) < 4.78 is 6.13. The molecule has 0 bridgehead atoms. The van der Waals surface area contributed by atoms with Crippen LogP contribution in [0.3, 0.4) is 0 Å². The summed E-state index contributed by atoms with van der Waals surface area (Å²) in [6, 6.07) is 8.15. The molecular weight excluding hydrogens is 431 g/mol. The van der Waals surface area contributed by atoms with Crippen LogP contribution in [0.15, 0.2) is 41.0 Å². The zero-order chi connectivity index (χ0) is 16.4. The number of hydrogen-bond donors (Lipinski definition) is 1. The molecule has 1 N–H and O–H groups in total. The first-order valence-corrected chi connectivity index (χ1v) is 8.62. The average Bonchev–Trinajstić information content (AvgIpc) is 3.20. The minimum atomic E-state index is -0.511. The Morgan fingerprint density at radius 2 is 2.17 bits per heavy atom. The van der Waals surface area contributed by atoms with E-state index >= 15 is 0 Å². The van der Waals surface area contributed by atoms with Crippen LogP contribution < -0.4 is 5.32 Å². The second-order valence-corrected chi connectivity index (χ2v) is 6.90. The van der Waals surface area contributed by atoms with Gasteiger partial charge in [0.05, 0.1) is 17.0 Å². The number of carbonyl (C=O) groups excluding carboxylic acids is 2. The summed E-state index contributed by atoms with van der Waals surface area (Å²) in [6.07, 6.45) is 2.86. The fraction of sp³-hybridized carbons (Fsp3) is 0.250. The van der Waals surface area contributed by atoms with Gasteiger partial charge < -0.3 is 14.6 Å². The van der Waals surface area contributed by atoms with Crippen LogP contribution in [0.5, 0.6) is 0 Å². The molecule has 5 nitrogen and oxygen atoms in total. The first kappa shape index (κ1) is 16.3. The van der Waals surface area contributed by atoms with Crippen molar-refractivity contribution < 1.29 is 14.0 Å². The Hall–Kier alpha value is -1.54. The predicted octanol–water partition coefficient (Wildman–Crippen LogP) is 3.78. The van der Waals surface area contributed by atoms with Crippen molar-refractivity contribution in [2.24, 2.45) is 0 Å². The maximum absolute atomic E-state index is 12.5. The van der Waals surface area contributed by atoms with Crippen LogP contribution in [0, 0.1) is 3.57 Å². The number of amides is 2. The minimum Gasteiger partial charge on any atom is -0.459 e. The second-order valence-electron chi connectivity index (χ2n) is 5.25. The minimum absolute atomic E-state index is 0.231. The van der Waals surface area contributed by atoms with E-state index in [2.05, 4.69) is 27.9 Å². The molecule has 23 heavy (non-hydrogen) atoms. The van der Waals surface area contributed by atoms with Crippen LogP contribution in [0.25, 0.3) is 0 Å². The summed E-state index contributed by atoms with van der Waals surface area (Å²) in [7, 11) is 0. The van der Waals surface area contributed by atoms with Gasteiger partial charge in [0, 0.05) is 10.1 Å². The molecule has 7 heteroatoms. The molecule has 1 aromatic carbocycles. The van der Waals surface area contributed by atoms with E-state index in [0.29, 0.717) is 23.7 Å². The molecule has 0 radical (unpaired) electrons. The molecule has 0 unspecified atom stereocenters. The van der Waals surface area contributed by atoms with Gasteiger partial charge in [-0.2, -0.15) is 0 Å². The van der Waals surface area contributed by atoms with Crippen molar-refractivity contribution in [2.75, 3.05) is 11.9 Å². The lowest BCUT2D eigenvalue weighted by Gasteiger charge is -2.23. The van der Waals surface area contributed by atoms with Gasteiger partial charge in [0.15, 0.2) is 5.76 Å². The molecule has 1 saturated heterocycles. The van der Waals surface area contributed by atoms with Gasteiger partial charge in [-0.1, -0.05) is 11.6 Å². The molecule has 120 valence electrons. The molecular formula is C16H14ClIN2O3. The lowest BCUT2D eigenvalue weighted by Crippen LogP contribution is -2.43. The van der Waals surface area contributed by atoms with E-state index in [1.807, 2.05) is 6.07 Å². The number of rotatable bonds is 3. The molecule has 0 spiro atoms. The van der Waals surface area contributed by atoms with Crippen molar-refractivity contribution in [3.63, 3.8) is 0 Å². The van der Waals surface area contributed by atoms with Crippen LogP contribution >= 0.6 is 34.2 Å². The molecule has 1 atom stereocenters. The summed E-state index contributed by atoms with van der Waals surface area (Å²) in [6.45, 7) is 0.540. The maximum atomic E-state index is 12.5. The monoisotopic (exact) mass is 444 g/mol. The Morgan fingerprint density at radius 3 is 2.87 bits per heavy atom. The molecule has 2 aromatic rings. The number of furan rings is 1. The molecule has 0 saturated carbocycles. The fourth-order valence-corrected chi connectivity index (χ4v) is 3.53. The average molecular weight is 445 g/mol. The molecule has 1 aromatic heterocycles. The van der Waals surface area contributed by atoms with Gasteiger partial charge in [-0.05, 0) is 65.8 Å². The third kappa shape index (κ3) is 3.53. The Bertz CT molecular complexity index is 733. The summed E-state index contributed by atoms with van der Waals surface area (Å²) in [4.78, 5) is 26.5. The summed E-state index contributed by atoms with van der Waals surface area (Å²) in [5, 5.41) is 3.29. The Morgan fingerprint density at radius 1 is 1.35 bits per heavy atom. The number of likely N-dealkylation sites (tertiary alicyclic amines) is 1. The fourth-order valence-electron chi connectivity index (χ4n) is 2.63. The lowest BCUT2D eigenvalue weighted by atomic mass is 10.2. The van der Waals surface area contributed by atoms with Crippen LogP contribution in [-0.4, -0.2) is 29.3 Å². The third-order valence-corrected chi connectivity index (χ3v) is 4.72. The molecule has 3 rings (SSSR count). The Kier molecular flexibility index (Phi) is 4.91. The molecule has 1 aliphatic heterocycles. The van der Waals surface area contributed by atoms with Crippen LogP contribution in [0.2, 0.25) is 5.02 Å². The van der Waals surface area contributed by atoms with Crippen molar-refractivity contribution in [1.82, 2.24) is 4.90 Å². The molecule has 2 heterocycles. The largest absolute Gasteiger partial charge is 0.459 e. The number of anilines is 1. The topological polar surface area (TPSA) is 62.6 Å². The highest BCUT2D eigenvalue weighted by Crippen LogP contribution is 2.26.